The maximum atomic E-state index is 11.4. The molecule has 0 aliphatic carbocycles. The second kappa shape index (κ2) is 4.70. The maximum Gasteiger partial charge on any atom is 0.316 e. The number of nitrogens with one attached hydrogen (secondary N) is 1. The van der Waals surface area contributed by atoms with Crippen molar-refractivity contribution >= 4 is 6.03 Å². The van der Waals surface area contributed by atoms with Gasteiger partial charge < -0.3 is 24.4 Å². The molecule has 2 aliphatic rings. The Kier molecular flexibility index (Phi) is 3.09. The predicted octanol–water partition coefficient (Wildman–Crippen LogP) is 0.723. The number of likely N-dealkylation sites (N-methyl/N-ethyl adjacent to an activating group) is 1. The van der Waals surface area contributed by atoms with E-state index in [2.05, 4.69) is 5.32 Å². The van der Waals surface area contributed by atoms with E-state index in [-0.39, 0.29) is 13.0 Å². The Labute approximate surface area is 123 Å². The van der Waals surface area contributed by atoms with Crippen molar-refractivity contribution in [3.63, 3.8) is 0 Å². The van der Waals surface area contributed by atoms with Crippen molar-refractivity contribution in [1.29, 1.82) is 0 Å². The summed E-state index contributed by atoms with van der Waals surface area (Å²) in [4.78, 5) is 11.4. The highest BCUT2D eigenvalue weighted by Gasteiger charge is 2.41. The average molecular weight is 294 g/mol. The van der Waals surface area contributed by atoms with Crippen molar-refractivity contribution in [2.24, 2.45) is 5.73 Å². The van der Waals surface area contributed by atoms with Crippen LogP contribution in [0.1, 0.15) is 17.3 Å². The molecule has 0 aromatic heterocycles. The molecule has 7 nitrogen and oxygen atoms in total. The van der Waals surface area contributed by atoms with E-state index in [0.29, 0.717) is 21.7 Å². The molecule has 1 aromatic rings. The monoisotopic (exact) mass is 294 g/mol. The van der Waals surface area contributed by atoms with Crippen LogP contribution >= 0.6 is 0 Å². The zero-order chi connectivity index (χ0) is 15.2. The Morgan fingerprint density at radius 1 is 1.48 bits per heavy atom. The number of hydrogen-bond acceptors (Lipinski definition) is 4. The van der Waals surface area contributed by atoms with E-state index < -0.39 is 6.03 Å². The molecule has 3 N–H and O–H groups in total. The fourth-order valence-electron chi connectivity index (χ4n) is 3.06. The molecule has 0 fully saturated rings. The minimum absolute atomic E-state index is 0.181. The van der Waals surface area contributed by atoms with Crippen molar-refractivity contribution in [1.82, 2.24) is 5.32 Å². The largest absolute Gasteiger partial charge is 0.492 e. The van der Waals surface area contributed by atoms with Crippen LogP contribution in [0.25, 0.3) is 0 Å². The lowest BCUT2D eigenvalue weighted by Crippen LogP contribution is -2.55. The third-order valence-corrected chi connectivity index (χ3v) is 4.16. The lowest BCUT2D eigenvalue weighted by molar-refractivity contribution is -0.925. The van der Waals surface area contributed by atoms with E-state index in [1.54, 1.807) is 7.11 Å². The van der Waals surface area contributed by atoms with Crippen LogP contribution in [-0.2, 0) is 6.42 Å². The Balaban J connectivity index is 2.18. The number of urea groups is 1. The first-order chi connectivity index (χ1) is 9.94. The first kappa shape index (κ1) is 13.8. The number of carbonyl (C=O) groups excluding carboxylic acids is 1. The number of methoxy groups -OCH3 is 1. The number of rotatable bonds is 2. The minimum atomic E-state index is -0.557. The number of quaternary nitrogens is 1. The normalized spacial score (nSPS) is 21.6. The lowest BCUT2D eigenvalue weighted by atomic mass is 9.93. The van der Waals surface area contributed by atoms with Crippen LogP contribution in [0.4, 0.5) is 4.79 Å². The summed E-state index contributed by atoms with van der Waals surface area (Å²) in [6.07, 6.45) is 0.586. The Morgan fingerprint density at radius 2 is 2.24 bits per heavy atom. The number of nitrogens with zero attached hydrogens (tertiary/aromatic N) is 1. The smallest absolute Gasteiger partial charge is 0.316 e. The van der Waals surface area contributed by atoms with E-state index in [9.17, 15) is 4.79 Å². The Morgan fingerprint density at radius 3 is 2.90 bits per heavy atom. The lowest BCUT2D eigenvalue weighted by Gasteiger charge is -2.42. The number of amides is 2. The first-order valence-electron chi connectivity index (χ1n) is 6.82. The molecule has 114 valence electrons. The van der Waals surface area contributed by atoms with Gasteiger partial charge in [-0.2, -0.15) is 0 Å². The number of carbonyl (C=O) groups is 1. The number of nitrogens with two attached hydrogens (primary N) is 1. The van der Waals surface area contributed by atoms with Gasteiger partial charge in [0.25, 0.3) is 0 Å². The number of benzene rings is 1. The molecule has 0 spiro atoms. The van der Waals surface area contributed by atoms with Crippen LogP contribution in [0, 0.1) is 0 Å². The standard InChI is InChI=1S/C14H19N3O4/c1-17(2)5-4-8-6-9-11(21-7-20-9)12(19-3)10(8)13(17)16-14(15)18/h6,13H,4-5,7H2,1-3H3,(H2-,15,16,18)/p+1/t13-/m1/s1. The summed E-state index contributed by atoms with van der Waals surface area (Å²) in [5.74, 6) is 1.90. The average Bonchev–Trinajstić information content (AvgIpc) is 2.87. The van der Waals surface area contributed by atoms with Gasteiger partial charge in [-0.25, -0.2) is 4.79 Å². The van der Waals surface area contributed by atoms with Gasteiger partial charge in [0.05, 0.1) is 33.3 Å². The second-order valence-corrected chi connectivity index (χ2v) is 5.88. The quantitative estimate of drug-likeness (QED) is 0.788. The van der Waals surface area contributed by atoms with E-state index in [1.165, 1.54) is 0 Å². The molecule has 1 atom stereocenters. The van der Waals surface area contributed by atoms with E-state index >= 15 is 0 Å². The molecular formula is C14H20N3O4+. The van der Waals surface area contributed by atoms with Crippen molar-refractivity contribution < 1.29 is 23.5 Å². The molecule has 7 heteroatoms. The van der Waals surface area contributed by atoms with Crippen molar-refractivity contribution in [2.75, 3.05) is 34.5 Å². The number of fused-ring (bicyclic) bond motifs is 2. The predicted molar refractivity (Wildman–Crippen MR) is 75.3 cm³/mol. The molecule has 2 amide bonds. The summed E-state index contributed by atoms with van der Waals surface area (Å²) in [5.41, 5.74) is 7.35. The van der Waals surface area contributed by atoms with E-state index in [4.69, 9.17) is 19.9 Å². The molecule has 0 saturated heterocycles. The molecule has 3 rings (SSSR count). The van der Waals surface area contributed by atoms with E-state index in [1.807, 2.05) is 20.2 Å². The molecule has 0 saturated carbocycles. The summed E-state index contributed by atoms with van der Waals surface area (Å²) < 4.78 is 17.1. The number of ether oxygens (including phenoxy) is 3. The van der Waals surface area contributed by atoms with Gasteiger partial charge in [-0.3, -0.25) is 5.32 Å². The van der Waals surface area contributed by atoms with Crippen LogP contribution < -0.4 is 25.3 Å². The van der Waals surface area contributed by atoms with Crippen LogP contribution in [0.3, 0.4) is 0 Å². The fourth-order valence-corrected chi connectivity index (χ4v) is 3.06. The van der Waals surface area contributed by atoms with Gasteiger partial charge in [-0.15, -0.1) is 0 Å². The summed E-state index contributed by atoms with van der Waals surface area (Å²) in [7, 11) is 5.69. The van der Waals surface area contributed by atoms with Gasteiger partial charge in [0, 0.05) is 6.42 Å². The zero-order valence-corrected chi connectivity index (χ0v) is 12.4. The van der Waals surface area contributed by atoms with Gasteiger partial charge in [0.15, 0.2) is 17.7 Å². The Hall–Kier alpha value is -2.15. The van der Waals surface area contributed by atoms with Gasteiger partial charge in [-0.1, -0.05) is 0 Å². The second-order valence-electron chi connectivity index (χ2n) is 5.88. The summed E-state index contributed by atoms with van der Waals surface area (Å²) in [5, 5.41) is 2.83. The van der Waals surface area contributed by atoms with Crippen LogP contribution in [0.15, 0.2) is 6.07 Å². The topological polar surface area (TPSA) is 82.8 Å². The summed E-state index contributed by atoms with van der Waals surface area (Å²) >= 11 is 0. The molecule has 21 heavy (non-hydrogen) atoms. The van der Waals surface area contributed by atoms with E-state index in [0.717, 1.165) is 24.1 Å². The van der Waals surface area contributed by atoms with Crippen LogP contribution in [0.5, 0.6) is 17.2 Å². The molecule has 2 aliphatic heterocycles. The Bertz CT molecular complexity index is 600. The highest BCUT2D eigenvalue weighted by molar-refractivity contribution is 5.73. The minimum Gasteiger partial charge on any atom is -0.492 e. The van der Waals surface area contributed by atoms with Crippen LogP contribution in [0.2, 0.25) is 0 Å². The van der Waals surface area contributed by atoms with Gasteiger partial charge in [0.2, 0.25) is 12.5 Å². The maximum absolute atomic E-state index is 11.4. The molecule has 1 aromatic carbocycles. The summed E-state index contributed by atoms with van der Waals surface area (Å²) in [6.45, 7) is 1.06. The SMILES string of the molecule is COc1c2c(cc3c1[C@H](NC(N)=O)[N+](C)(C)CC3)OCO2. The molecule has 0 bridgehead atoms. The summed E-state index contributed by atoms with van der Waals surface area (Å²) in [6, 6.07) is 1.41. The molecule has 0 radical (unpaired) electrons. The third kappa shape index (κ3) is 2.13. The first-order valence-corrected chi connectivity index (χ1v) is 6.82. The zero-order valence-electron chi connectivity index (χ0n) is 12.4. The molecule has 0 unspecified atom stereocenters. The fraction of sp³-hybridized carbons (Fsp3) is 0.500. The highest BCUT2D eigenvalue weighted by atomic mass is 16.7. The third-order valence-electron chi connectivity index (χ3n) is 4.16. The van der Waals surface area contributed by atoms with Crippen LogP contribution in [-0.4, -0.2) is 45.1 Å². The van der Waals surface area contributed by atoms with Gasteiger partial charge in [-0.05, 0) is 11.6 Å². The highest BCUT2D eigenvalue weighted by Crippen LogP contribution is 2.49. The molecule has 2 heterocycles. The van der Waals surface area contributed by atoms with Crippen molar-refractivity contribution in [2.45, 2.75) is 12.6 Å². The number of primary amides is 1. The molecular weight excluding hydrogens is 274 g/mol. The van der Waals surface area contributed by atoms with Crippen molar-refractivity contribution in [3.8, 4) is 17.2 Å². The van der Waals surface area contributed by atoms with Crippen molar-refractivity contribution in [3.05, 3.63) is 17.2 Å². The van der Waals surface area contributed by atoms with Gasteiger partial charge >= 0.3 is 6.03 Å². The number of hydrogen-bond donors (Lipinski definition) is 2. The van der Waals surface area contributed by atoms with Gasteiger partial charge in [0.1, 0.15) is 0 Å².